The van der Waals surface area contributed by atoms with Crippen LogP contribution >= 0.6 is 38.5 Å². The zero-order valence-corrected chi connectivity index (χ0v) is 13.9. The first-order valence-corrected chi connectivity index (χ1v) is 7.10. The monoisotopic (exact) mass is 436 g/mol. The van der Waals surface area contributed by atoms with Crippen LogP contribution in [-0.4, -0.2) is 24.2 Å². The molecule has 0 aliphatic rings. The van der Waals surface area contributed by atoms with E-state index in [0.717, 1.165) is 10.0 Å². The van der Waals surface area contributed by atoms with E-state index >= 15 is 0 Å². The zero-order chi connectivity index (χ0) is 14.0. The minimum Gasteiger partial charge on any atom is -0.493 e. The van der Waals surface area contributed by atoms with Gasteiger partial charge in [-0.25, -0.2) is 4.98 Å². The Hall–Kier alpha value is -1.09. The smallest absolute Gasteiger partial charge is 0.264 e. The van der Waals surface area contributed by atoms with Gasteiger partial charge in [0.05, 0.1) is 17.8 Å². The van der Waals surface area contributed by atoms with Gasteiger partial charge in [-0.2, -0.15) is 0 Å². The Kier molecular flexibility index (Phi) is 4.46. The number of aromatic nitrogens is 2. The highest BCUT2D eigenvalue weighted by Crippen LogP contribution is 2.36. The first-order valence-electron chi connectivity index (χ1n) is 5.23. The van der Waals surface area contributed by atoms with Crippen molar-refractivity contribution in [1.29, 1.82) is 0 Å². The highest BCUT2D eigenvalue weighted by molar-refractivity contribution is 14.1. The van der Waals surface area contributed by atoms with Gasteiger partial charge in [0, 0.05) is 16.2 Å². The Morgan fingerprint density at radius 3 is 2.47 bits per heavy atom. The molecule has 5 nitrogen and oxygen atoms in total. The van der Waals surface area contributed by atoms with E-state index in [1.54, 1.807) is 26.4 Å². The molecule has 0 unspecified atom stereocenters. The van der Waals surface area contributed by atoms with E-state index in [-0.39, 0.29) is 5.56 Å². The second-order valence-corrected chi connectivity index (χ2v) is 5.61. The molecule has 0 aliphatic carbocycles. The number of hydrogen-bond acceptors (Lipinski definition) is 4. The maximum Gasteiger partial charge on any atom is 0.264 e. The molecule has 2 aromatic rings. The number of nitrogens with one attached hydrogen (secondary N) is 1. The second kappa shape index (κ2) is 5.91. The zero-order valence-electron chi connectivity index (χ0n) is 10.2. The first kappa shape index (κ1) is 14.3. The lowest BCUT2D eigenvalue weighted by Gasteiger charge is -2.11. The highest BCUT2D eigenvalue weighted by atomic mass is 127. The first-order chi connectivity index (χ1) is 9.06. The maximum atomic E-state index is 11.6. The number of rotatable bonds is 3. The molecule has 0 saturated carbocycles. The van der Waals surface area contributed by atoms with Crippen molar-refractivity contribution in [3.63, 3.8) is 0 Å². The van der Waals surface area contributed by atoms with E-state index in [2.05, 4.69) is 25.9 Å². The molecule has 0 spiro atoms. The lowest BCUT2D eigenvalue weighted by atomic mass is 10.2. The summed E-state index contributed by atoms with van der Waals surface area (Å²) in [6.45, 7) is 0. The van der Waals surface area contributed by atoms with Crippen molar-refractivity contribution in [3.05, 3.63) is 36.7 Å². The quantitative estimate of drug-likeness (QED) is 0.751. The topological polar surface area (TPSA) is 64.2 Å². The molecule has 0 fully saturated rings. The molecule has 2 rings (SSSR count). The number of methoxy groups -OCH3 is 2. The normalized spacial score (nSPS) is 10.3. The van der Waals surface area contributed by atoms with E-state index in [0.29, 0.717) is 20.9 Å². The molecule has 1 aromatic carbocycles. The van der Waals surface area contributed by atoms with Crippen molar-refractivity contribution in [2.24, 2.45) is 0 Å². The molecule has 0 saturated heterocycles. The van der Waals surface area contributed by atoms with E-state index in [9.17, 15) is 4.79 Å². The van der Waals surface area contributed by atoms with Crippen LogP contribution in [0.4, 0.5) is 0 Å². The van der Waals surface area contributed by atoms with E-state index in [4.69, 9.17) is 9.47 Å². The number of hydrogen-bond donors (Lipinski definition) is 1. The molecule has 0 atom stereocenters. The molecule has 1 aromatic heterocycles. The fourth-order valence-electron chi connectivity index (χ4n) is 1.55. The van der Waals surface area contributed by atoms with Crippen LogP contribution in [0.25, 0.3) is 11.4 Å². The molecular weight excluding hydrogens is 427 g/mol. The summed E-state index contributed by atoms with van der Waals surface area (Å²) in [6, 6.07) is 3.53. The third kappa shape index (κ3) is 2.92. The summed E-state index contributed by atoms with van der Waals surface area (Å²) in [6.07, 6.45) is 1.53. The van der Waals surface area contributed by atoms with E-state index in [1.807, 2.05) is 22.6 Å². The van der Waals surface area contributed by atoms with Crippen molar-refractivity contribution in [3.8, 4) is 22.9 Å². The largest absolute Gasteiger partial charge is 0.493 e. The highest BCUT2D eigenvalue weighted by Gasteiger charge is 2.13. The summed E-state index contributed by atoms with van der Waals surface area (Å²) in [7, 11) is 3.12. The van der Waals surface area contributed by atoms with Gasteiger partial charge in [-0.15, -0.1) is 0 Å². The number of ether oxygens (including phenoxy) is 2. The van der Waals surface area contributed by atoms with Gasteiger partial charge in [-0.3, -0.25) is 4.79 Å². The minimum absolute atomic E-state index is 0.174. The van der Waals surface area contributed by atoms with E-state index in [1.165, 1.54) is 6.20 Å². The van der Waals surface area contributed by atoms with Gasteiger partial charge in [0.1, 0.15) is 5.82 Å². The van der Waals surface area contributed by atoms with Crippen LogP contribution in [0.1, 0.15) is 0 Å². The summed E-state index contributed by atoms with van der Waals surface area (Å²) >= 11 is 5.36. The van der Waals surface area contributed by atoms with Crippen molar-refractivity contribution in [2.45, 2.75) is 0 Å². The summed E-state index contributed by atoms with van der Waals surface area (Å²) in [5, 5.41) is 0. The van der Waals surface area contributed by atoms with Crippen molar-refractivity contribution in [2.75, 3.05) is 14.2 Å². The second-order valence-electron chi connectivity index (χ2n) is 3.60. The molecule has 0 aliphatic heterocycles. The van der Waals surface area contributed by atoms with Gasteiger partial charge in [0.2, 0.25) is 0 Å². The number of H-pyrrole nitrogens is 1. The Bertz CT molecular complexity index is 673. The summed E-state index contributed by atoms with van der Waals surface area (Å²) < 4.78 is 11.7. The summed E-state index contributed by atoms with van der Waals surface area (Å²) in [5.41, 5.74) is 0.554. The fourth-order valence-corrected chi connectivity index (χ4v) is 2.34. The number of benzene rings is 1. The predicted molar refractivity (Wildman–Crippen MR) is 83.8 cm³/mol. The van der Waals surface area contributed by atoms with Gasteiger partial charge in [0.25, 0.3) is 5.56 Å². The molecule has 19 heavy (non-hydrogen) atoms. The summed E-state index contributed by atoms with van der Waals surface area (Å²) in [4.78, 5) is 18.6. The van der Waals surface area contributed by atoms with Crippen LogP contribution in [0.15, 0.2) is 27.6 Å². The Morgan fingerprint density at radius 1 is 1.26 bits per heavy atom. The third-order valence-corrected chi connectivity index (χ3v) is 3.91. The Labute approximate surface area is 131 Å². The van der Waals surface area contributed by atoms with Gasteiger partial charge >= 0.3 is 0 Å². The minimum atomic E-state index is -0.174. The van der Waals surface area contributed by atoms with Crippen LogP contribution in [0, 0.1) is 3.57 Å². The third-order valence-electron chi connectivity index (χ3n) is 2.48. The lowest BCUT2D eigenvalue weighted by Crippen LogP contribution is -2.11. The number of nitrogens with zero attached hydrogens (tertiary/aromatic N) is 1. The Balaban J connectivity index is 2.61. The molecule has 0 bridgehead atoms. The van der Waals surface area contributed by atoms with Gasteiger partial charge < -0.3 is 14.5 Å². The lowest BCUT2D eigenvalue weighted by molar-refractivity contribution is 0.355. The molecule has 100 valence electrons. The van der Waals surface area contributed by atoms with Gasteiger partial charge in [0.15, 0.2) is 11.5 Å². The molecule has 1 heterocycles. The summed E-state index contributed by atoms with van der Waals surface area (Å²) in [5.74, 6) is 1.64. The van der Waals surface area contributed by atoms with E-state index < -0.39 is 0 Å². The van der Waals surface area contributed by atoms with Gasteiger partial charge in [-0.1, -0.05) is 0 Å². The van der Waals surface area contributed by atoms with Crippen LogP contribution in [0.2, 0.25) is 0 Å². The van der Waals surface area contributed by atoms with Crippen LogP contribution in [0.5, 0.6) is 11.5 Å². The van der Waals surface area contributed by atoms with Crippen molar-refractivity contribution < 1.29 is 9.47 Å². The van der Waals surface area contributed by atoms with Crippen molar-refractivity contribution >= 4 is 38.5 Å². The van der Waals surface area contributed by atoms with Crippen LogP contribution < -0.4 is 15.0 Å². The standard InChI is InChI=1S/C12H10BrIN2O3/c1-18-9-3-6(7(13)4-10(9)19-2)11-15-5-8(14)12(17)16-11/h3-5H,1-2H3,(H,15,16,17). The fraction of sp³-hybridized carbons (Fsp3) is 0.167. The number of aromatic amines is 1. The average molecular weight is 437 g/mol. The molecule has 0 amide bonds. The number of halogens is 2. The Morgan fingerprint density at radius 2 is 1.89 bits per heavy atom. The molecule has 1 N–H and O–H groups in total. The van der Waals surface area contributed by atoms with Crippen molar-refractivity contribution in [1.82, 2.24) is 9.97 Å². The molecule has 7 heteroatoms. The molecular formula is C12H10BrIN2O3. The maximum absolute atomic E-state index is 11.6. The van der Waals surface area contributed by atoms with Crippen LogP contribution in [0.3, 0.4) is 0 Å². The van der Waals surface area contributed by atoms with Gasteiger partial charge in [-0.05, 0) is 50.7 Å². The SMILES string of the molecule is COc1cc(Br)c(-c2ncc(I)c(=O)[nH]2)cc1OC. The van der Waals surface area contributed by atoms with Crippen LogP contribution in [-0.2, 0) is 0 Å². The predicted octanol–water partition coefficient (Wildman–Crippen LogP) is 2.82. The molecule has 0 radical (unpaired) electrons. The average Bonchev–Trinajstić information content (AvgIpc) is 2.41.